The Kier molecular flexibility index (Phi) is 4.63. The van der Waals surface area contributed by atoms with Crippen molar-refractivity contribution in [2.45, 2.75) is 0 Å². The molecule has 9 heteroatoms. The van der Waals surface area contributed by atoms with Crippen molar-refractivity contribution in [3.05, 3.63) is 28.2 Å². The molecule has 1 heterocycles. The van der Waals surface area contributed by atoms with Crippen molar-refractivity contribution in [3.63, 3.8) is 0 Å². The number of hydrogen-bond donors (Lipinski definition) is 2. The average molecular weight is 365 g/mol. The fourth-order valence-corrected chi connectivity index (χ4v) is 3.62. The second-order valence-electron chi connectivity index (χ2n) is 4.09. The molecule has 0 saturated carbocycles. The van der Waals surface area contributed by atoms with Crippen LogP contribution >= 0.6 is 15.9 Å². The van der Waals surface area contributed by atoms with Crippen LogP contribution in [0.25, 0.3) is 0 Å². The number of carbonyl (C=O) groups is 1. The van der Waals surface area contributed by atoms with E-state index >= 15 is 0 Å². The van der Waals surface area contributed by atoms with Crippen LogP contribution in [0, 0.1) is 0 Å². The Morgan fingerprint density at radius 2 is 2.00 bits per heavy atom. The molecule has 7 nitrogen and oxygen atoms in total. The molecule has 1 aliphatic rings. The number of benzene rings is 1. The summed E-state index contributed by atoms with van der Waals surface area (Å²) in [5.74, 6) is -1.20. The van der Waals surface area contributed by atoms with Gasteiger partial charge in [0.1, 0.15) is 0 Å². The van der Waals surface area contributed by atoms with Gasteiger partial charge in [0, 0.05) is 17.6 Å². The van der Waals surface area contributed by atoms with E-state index in [4.69, 9.17) is 9.84 Å². The van der Waals surface area contributed by atoms with Gasteiger partial charge in [-0.3, -0.25) is 4.72 Å². The topological polar surface area (TPSA) is 95.9 Å². The SMILES string of the molecule is O=C(O)c1cccc(Br)c1NS(=O)(=O)N1CCOCC1. The van der Waals surface area contributed by atoms with E-state index in [0.717, 1.165) is 0 Å². The first-order valence-electron chi connectivity index (χ1n) is 5.79. The maximum absolute atomic E-state index is 12.2. The molecule has 20 heavy (non-hydrogen) atoms. The van der Waals surface area contributed by atoms with Crippen molar-refractivity contribution < 1.29 is 23.1 Å². The minimum atomic E-state index is -3.80. The lowest BCUT2D eigenvalue weighted by Crippen LogP contribution is -2.43. The number of rotatable bonds is 4. The summed E-state index contributed by atoms with van der Waals surface area (Å²) in [6.07, 6.45) is 0. The summed E-state index contributed by atoms with van der Waals surface area (Å²) < 4.78 is 33.5. The third kappa shape index (κ3) is 3.29. The molecule has 110 valence electrons. The normalized spacial score (nSPS) is 16.9. The lowest BCUT2D eigenvalue weighted by atomic mass is 10.2. The average Bonchev–Trinajstić information content (AvgIpc) is 2.41. The number of carboxylic acids is 1. The maximum atomic E-state index is 12.2. The van der Waals surface area contributed by atoms with Crippen molar-refractivity contribution >= 4 is 37.8 Å². The first-order valence-corrected chi connectivity index (χ1v) is 8.02. The van der Waals surface area contributed by atoms with E-state index in [1.54, 1.807) is 6.07 Å². The van der Waals surface area contributed by atoms with Gasteiger partial charge in [0.15, 0.2) is 0 Å². The van der Waals surface area contributed by atoms with Crippen molar-refractivity contribution in [1.82, 2.24) is 4.31 Å². The quantitative estimate of drug-likeness (QED) is 0.834. The van der Waals surface area contributed by atoms with Gasteiger partial charge in [0.2, 0.25) is 0 Å². The van der Waals surface area contributed by atoms with Crippen molar-refractivity contribution in [2.24, 2.45) is 0 Å². The number of para-hydroxylation sites is 1. The number of hydrogen-bond acceptors (Lipinski definition) is 4. The fraction of sp³-hybridized carbons (Fsp3) is 0.364. The fourth-order valence-electron chi connectivity index (χ4n) is 1.79. The minimum absolute atomic E-state index is 0.0199. The lowest BCUT2D eigenvalue weighted by molar-refractivity contribution is 0.0697. The Bertz CT molecular complexity index is 613. The van der Waals surface area contributed by atoms with Crippen molar-refractivity contribution in [1.29, 1.82) is 0 Å². The van der Waals surface area contributed by atoms with Gasteiger partial charge in [-0.2, -0.15) is 12.7 Å². The van der Waals surface area contributed by atoms with E-state index in [1.165, 1.54) is 16.4 Å². The molecule has 1 aliphatic heterocycles. The molecular weight excluding hydrogens is 352 g/mol. The molecule has 2 N–H and O–H groups in total. The van der Waals surface area contributed by atoms with Gasteiger partial charge in [-0.1, -0.05) is 6.07 Å². The molecule has 0 aliphatic carbocycles. The second kappa shape index (κ2) is 6.08. The molecule has 2 rings (SSSR count). The van der Waals surface area contributed by atoms with Gasteiger partial charge in [-0.25, -0.2) is 4.79 Å². The monoisotopic (exact) mass is 364 g/mol. The van der Waals surface area contributed by atoms with E-state index in [9.17, 15) is 13.2 Å². The van der Waals surface area contributed by atoms with Gasteiger partial charge in [-0.15, -0.1) is 0 Å². The Morgan fingerprint density at radius 3 is 2.60 bits per heavy atom. The molecule has 1 aromatic carbocycles. The van der Waals surface area contributed by atoms with Crippen LogP contribution in [0.4, 0.5) is 5.69 Å². The van der Waals surface area contributed by atoms with Gasteiger partial charge in [0.25, 0.3) is 0 Å². The Hall–Kier alpha value is -1.16. The van der Waals surface area contributed by atoms with Crippen LogP contribution in [0.15, 0.2) is 22.7 Å². The molecule has 0 atom stereocenters. The van der Waals surface area contributed by atoms with Crippen LogP contribution in [0.2, 0.25) is 0 Å². The number of morpholine rings is 1. The van der Waals surface area contributed by atoms with Crippen molar-refractivity contribution in [3.8, 4) is 0 Å². The van der Waals surface area contributed by atoms with E-state index in [0.29, 0.717) is 17.7 Å². The van der Waals surface area contributed by atoms with E-state index < -0.39 is 16.2 Å². The Morgan fingerprint density at radius 1 is 1.35 bits per heavy atom. The van der Waals surface area contributed by atoms with Crippen LogP contribution in [0.5, 0.6) is 0 Å². The summed E-state index contributed by atoms with van der Waals surface area (Å²) in [5, 5.41) is 9.11. The first-order chi connectivity index (χ1) is 9.42. The summed E-state index contributed by atoms with van der Waals surface area (Å²) in [6.45, 7) is 1.12. The second-order valence-corrected chi connectivity index (χ2v) is 6.61. The molecule has 0 bridgehead atoms. The van der Waals surface area contributed by atoms with Gasteiger partial charge in [-0.05, 0) is 28.1 Å². The zero-order valence-electron chi connectivity index (χ0n) is 10.4. The molecule has 0 spiro atoms. The third-order valence-corrected chi connectivity index (χ3v) is 4.95. The predicted octanol–water partition coefficient (Wildman–Crippen LogP) is 1.14. The van der Waals surface area contributed by atoms with E-state index in [-0.39, 0.29) is 24.3 Å². The minimum Gasteiger partial charge on any atom is -0.478 e. The number of ether oxygens (including phenoxy) is 1. The smallest absolute Gasteiger partial charge is 0.337 e. The van der Waals surface area contributed by atoms with Crippen LogP contribution in [-0.4, -0.2) is 50.1 Å². The number of halogens is 1. The summed E-state index contributed by atoms with van der Waals surface area (Å²) in [7, 11) is -3.80. The Labute approximate surface area is 124 Å². The number of carboxylic acid groups (broad SMARTS) is 1. The van der Waals surface area contributed by atoms with Gasteiger partial charge < -0.3 is 9.84 Å². The molecule has 0 radical (unpaired) electrons. The van der Waals surface area contributed by atoms with Crippen LogP contribution < -0.4 is 4.72 Å². The summed E-state index contributed by atoms with van der Waals surface area (Å²) in [5.41, 5.74) is -0.0947. The molecule has 1 fully saturated rings. The number of anilines is 1. The zero-order chi connectivity index (χ0) is 14.8. The van der Waals surface area contributed by atoms with Crippen LogP contribution in [-0.2, 0) is 14.9 Å². The van der Waals surface area contributed by atoms with E-state index in [1.807, 2.05) is 0 Å². The predicted molar refractivity (Wildman–Crippen MR) is 76.0 cm³/mol. The van der Waals surface area contributed by atoms with Gasteiger partial charge in [0.05, 0.1) is 24.5 Å². The largest absolute Gasteiger partial charge is 0.478 e. The highest BCUT2D eigenvalue weighted by atomic mass is 79.9. The molecule has 0 aromatic heterocycles. The molecular formula is C11H13BrN2O5S. The van der Waals surface area contributed by atoms with Crippen molar-refractivity contribution in [2.75, 3.05) is 31.0 Å². The number of nitrogens with one attached hydrogen (secondary N) is 1. The molecule has 0 amide bonds. The maximum Gasteiger partial charge on any atom is 0.337 e. The standard InChI is InChI=1S/C11H13BrN2O5S/c12-9-3-1-2-8(11(15)16)10(9)13-20(17,18)14-4-6-19-7-5-14/h1-3,13H,4-7H2,(H,15,16). The summed E-state index contributed by atoms with van der Waals surface area (Å²) in [4.78, 5) is 11.1. The number of nitrogens with zero attached hydrogens (tertiary/aromatic N) is 1. The molecule has 1 aromatic rings. The highest BCUT2D eigenvalue weighted by molar-refractivity contribution is 9.10. The first kappa shape index (κ1) is 15.2. The highest BCUT2D eigenvalue weighted by Gasteiger charge is 2.26. The Balaban J connectivity index is 2.31. The molecule has 1 saturated heterocycles. The van der Waals surface area contributed by atoms with E-state index in [2.05, 4.69) is 20.7 Å². The van der Waals surface area contributed by atoms with Crippen LogP contribution in [0.3, 0.4) is 0 Å². The summed E-state index contributed by atoms with van der Waals surface area (Å²) >= 11 is 3.16. The van der Waals surface area contributed by atoms with Gasteiger partial charge >= 0.3 is 16.2 Å². The lowest BCUT2D eigenvalue weighted by Gasteiger charge is -2.26. The third-order valence-electron chi connectivity index (χ3n) is 2.79. The zero-order valence-corrected chi connectivity index (χ0v) is 12.8. The molecule has 0 unspecified atom stereocenters. The van der Waals surface area contributed by atoms with Crippen LogP contribution in [0.1, 0.15) is 10.4 Å². The summed E-state index contributed by atoms with van der Waals surface area (Å²) in [6, 6.07) is 4.44. The number of aromatic carboxylic acids is 1. The highest BCUT2D eigenvalue weighted by Crippen LogP contribution is 2.28.